The van der Waals surface area contributed by atoms with Gasteiger partial charge in [-0.25, -0.2) is 17.9 Å². The first-order valence-corrected chi connectivity index (χ1v) is 12.9. The van der Waals surface area contributed by atoms with Gasteiger partial charge in [-0.3, -0.25) is 19.6 Å². The van der Waals surface area contributed by atoms with Crippen molar-refractivity contribution < 1.29 is 32.7 Å². The van der Waals surface area contributed by atoms with Crippen molar-refractivity contribution in [2.24, 2.45) is 0 Å². The fourth-order valence-corrected chi connectivity index (χ4v) is 5.54. The minimum absolute atomic E-state index is 0.00361. The maximum absolute atomic E-state index is 13.3. The van der Waals surface area contributed by atoms with Gasteiger partial charge in [0.25, 0.3) is 21.8 Å². The number of ether oxygens (including phenoxy) is 1. The predicted octanol–water partition coefficient (Wildman–Crippen LogP) is 3.05. The molecule has 0 saturated carbocycles. The molecule has 0 radical (unpaired) electrons. The number of nitrogens with one attached hydrogen (secondary N) is 3. The van der Waals surface area contributed by atoms with Gasteiger partial charge in [0.2, 0.25) is 0 Å². The monoisotopic (exact) mass is 526 g/mol. The zero-order chi connectivity index (χ0) is 26.7. The molecule has 4 N–H and O–H groups in total. The van der Waals surface area contributed by atoms with Crippen molar-refractivity contribution in [1.29, 1.82) is 0 Å². The SMILES string of the molecule is COc1ccc(S(=O)(=O)n2ccc(/C=C/C(=O)NO)c2)cc1NC(=O)c1[nH]c(C)c2c1CCCCC2=O. The molecule has 37 heavy (non-hydrogen) atoms. The largest absolute Gasteiger partial charge is 0.495 e. The number of rotatable bonds is 7. The lowest BCUT2D eigenvalue weighted by atomic mass is 10.0. The molecule has 0 saturated heterocycles. The van der Waals surface area contributed by atoms with Crippen LogP contribution in [0.15, 0.2) is 47.6 Å². The number of H-pyrrole nitrogens is 1. The molecule has 2 amide bonds. The molecule has 4 rings (SSSR count). The predicted molar refractivity (Wildman–Crippen MR) is 134 cm³/mol. The third-order valence-corrected chi connectivity index (χ3v) is 7.73. The van der Waals surface area contributed by atoms with Crippen LogP contribution in [0, 0.1) is 6.92 Å². The third kappa shape index (κ3) is 5.20. The number of amides is 2. The summed E-state index contributed by atoms with van der Waals surface area (Å²) in [6.45, 7) is 1.75. The number of aromatic nitrogens is 2. The van der Waals surface area contributed by atoms with Crippen molar-refractivity contribution in [2.45, 2.75) is 37.5 Å². The normalized spacial score (nSPS) is 13.8. The molecule has 2 heterocycles. The molecule has 1 aliphatic rings. The molecule has 1 aromatic carbocycles. The molecular formula is C25H26N4O7S. The van der Waals surface area contributed by atoms with Gasteiger partial charge < -0.3 is 15.0 Å². The van der Waals surface area contributed by atoms with Crippen molar-refractivity contribution in [3.05, 3.63) is 70.8 Å². The fourth-order valence-electron chi connectivity index (χ4n) is 4.31. The van der Waals surface area contributed by atoms with Gasteiger partial charge in [-0.15, -0.1) is 0 Å². The Kier molecular flexibility index (Phi) is 7.32. The van der Waals surface area contributed by atoms with Gasteiger partial charge in [0.15, 0.2) is 5.78 Å². The number of Topliss-reactive ketones (excluding diaryl/α,β-unsaturated/α-hetero) is 1. The lowest BCUT2D eigenvalue weighted by Gasteiger charge is -2.13. The first kappa shape index (κ1) is 25.9. The number of benzene rings is 1. The van der Waals surface area contributed by atoms with Gasteiger partial charge in [0.05, 0.1) is 17.7 Å². The molecular weight excluding hydrogens is 500 g/mol. The molecule has 0 atom stereocenters. The van der Waals surface area contributed by atoms with Crippen LogP contribution in [0.1, 0.15) is 56.9 Å². The standard InChI is InChI=1S/C25H26N4O7S/c1-15-23-18(5-3-4-6-20(23)30)24(26-15)25(32)27-19-13-17(8-9-21(19)36-2)37(34,35)29-12-11-16(14-29)7-10-22(31)28-33/h7-14,26,33H,3-6H2,1-2H3,(H,27,32)(H,28,31)/b10-7+. The van der Waals surface area contributed by atoms with Crippen LogP contribution in [0.4, 0.5) is 5.69 Å². The highest BCUT2D eigenvalue weighted by molar-refractivity contribution is 7.90. The molecule has 194 valence electrons. The lowest BCUT2D eigenvalue weighted by molar-refractivity contribution is -0.124. The highest BCUT2D eigenvalue weighted by atomic mass is 32.2. The van der Waals surface area contributed by atoms with Crippen LogP contribution < -0.4 is 15.5 Å². The Morgan fingerprint density at radius 1 is 1.19 bits per heavy atom. The maximum Gasteiger partial charge on any atom is 0.272 e. The van der Waals surface area contributed by atoms with Crippen molar-refractivity contribution >= 4 is 39.4 Å². The minimum Gasteiger partial charge on any atom is -0.495 e. The van der Waals surface area contributed by atoms with Crippen molar-refractivity contribution in [3.63, 3.8) is 0 Å². The summed E-state index contributed by atoms with van der Waals surface area (Å²) in [5, 5.41) is 11.3. The van der Waals surface area contributed by atoms with E-state index in [1.807, 2.05) is 0 Å². The Labute approximate surface area is 213 Å². The van der Waals surface area contributed by atoms with E-state index < -0.39 is 21.8 Å². The summed E-state index contributed by atoms with van der Waals surface area (Å²) < 4.78 is 32.8. The van der Waals surface area contributed by atoms with E-state index in [0.29, 0.717) is 35.2 Å². The summed E-state index contributed by atoms with van der Waals surface area (Å²) in [5.74, 6) is -1.01. The van der Waals surface area contributed by atoms with Crippen LogP contribution in [0.2, 0.25) is 0 Å². The maximum atomic E-state index is 13.3. The summed E-state index contributed by atoms with van der Waals surface area (Å²) in [7, 11) is -2.66. The van der Waals surface area contributed by atoms with Crippen molar-refractivity contribution in [2.75, 3.05) is 12.4 Å². The second kappa shape index (κ2) is 10.4. The van der Waals surface area contributed by atoms with Gasteiger partial charge >= 0.3 is 0 Å². The van der Waals surface area contributed by atoms with Crippen LogP contribution in [0.5, 0.6) is 5.75 Å². The van der Waals surface area contributed by atoms with E-state index >= 15 is 0 Å². The molecule has 0 unspecified atom stereocenters. The van der Waals surface area contributed by atoms with Gasteiger partial charge in [-0.05, 0) is 67.7 Å². The van der Waals surface area contributed by atoms with Gasteiger partial charge in [0, 0.05) is 36.1 Å². The summed E-state index contributed by atoms with van der Waals surface area (Å²) in [4.78, 5) is 39.9. The molecule has 0 fully saturated rings. The average molecular weight is 527 g/mol. The summed E-state index contributed by atoms with van der Waals surface area (Å²) in [6.07, 6.45) is 7.55. The minimum atomic E-state index is -4.06. The average Bonchev–Trinajstić information content (AvgIpc) is 3.44. The van der Waals surface area contributed by atoms with Gasteiger partial charge in [-0.2, -0.15) is 0 Å². The van der Waals surface area contributed by atoms with Crippen LogP contribution in [0.25, 0.3) is 6.08 Å². The van der Waals surface area contributed by atoms with E-state index in [9.17, 15) is 22.8 Å². The lowest BCUT2D eigenvalue weighted by Crippen LogP contribution is -2.17. The number of nitrogens with zero attached hydrogens (tertiary/aromatic N) is 1. The molecule has 11 nitrogen and oxygen atoms in total. The molecule has 0 spiro atoms. The highest BCUT2D eigenvalue weighted by Crippen LogP contribution is 2.31. The Hall–Kier alpha value is -4.16. The smallest absolute Gasteiger partial charge is 0.272 e. The fraction of sp³-hybridized carbons (Fsp3) is 0.240. The Morgan fingerprint density at radius 2 is 1.95 bits per heavy atom. The quantitative estimate of drug-likeness (QED) is 0.159. The second-order valence-corrected chi connectivity index (χ2v) is 10.4. The molecule has 3 aromatic rings. The van der Waals surface area contributed by atoms with Gasteiger partial charge in [0.1, 0.15) is 11.4 Å². The summed E-state index contributed by atoms with van der Waals surface area (Å²) in [6, 6.07) is 5.55. The van der Waals surface area contributed by atoms with Crippen molar-refractivity contribution in [1.82, 2.24) is 14.4 Å². The zero-order valence-corrected chi connectivity index (χ0v) is 21.0. The second-order valence-electron chi connectivity index (χ2n) is 8.51. The number of aryl methyl sites for hydroxylation is 1. The number of carbonyl (C=O) groups excluding carboxylic acids is 3. The number of anilines is 1. The number of methoxy groups -OCH3 is 1. The van der Waals surface area contributed by atoms with E-state index in [2.05, 4.69) is 10.3 Å². The first-order chi connectivity index (χ1) is 17.6. The number of hydrogen-bond acceptors (Lipinski definition) is 7. The highest BCUT2D eigenvalue weighted by Gasteiger charge is 2.27. The number of fused-ring (bicyclic) bond motifs is 1. The van der Waals surface area contributed by atoms with E-state index in [1.54, 1.807) is 6.92 Å². The number of hydrogen-bond donors (Lipinski definition) is 4. The van der Waals surface area contributed by atoms with Crippen LogP contribution in [-0.4, -0.2) is 47.3 Å². The van der Waals surface area contributed by atoms with E-state index in [4.69, 9.17) is 9.94 Å². The number of hydroxylamine groups is 1. The Bertz CT molecular complexity index is 1520. The van der Waals surface area contributed by atoms with Crippen LogP contribution in [-0.2, 0) is 21.2 Å². The first-order valence-electron chi connectivity index (χ1n) is 11.5. The number of carbonyl (C=O) groups is 3. The topological polar surface area (TPSA) is 160 Å². The number of aromatic amines is 1. The zero-order valence-electron chi connectivity index (χ0n) is 20.2. The molecule has 12 heteroatoms. The van der Waals surface area contributed by atoms with Crippen LogP contribution >= 0.6 is 0 Å². The van der Waals surface area contributed by atoms with Gasteiger partial charge in [-0.1, -0.05) is 0 Å². The molecule has 0 aliphatic heterocycles. The van der Waals surface area contributed by atoms with Crippen LogP contribution in [0.3, 0.4) is 0 Å². The van der Waals surface area contributed by atoms with Crippen molar-refractivity contribution in [3.8, 4) is 5.75 Å². The molecule has 1 aliphatic carbocycles. The third-order valence-electron chi connectivity index (χ3n) is 6.10. The van der Waals surface area contributed by atoms with E-state index in [1.165, 1.54) is 55.3 Å². The summed E-state index contributed by atoms with van der Waals surface area (Å²) >= 11 is 0. The van der Waals surface area contributed by atoms with E-state index in [0.717, 1.165) is 22.9 Å². The Balaban J connectivity index is 1.65. The van der Waals surface area contributed by atoms with E-state index in [-0.39, 0.29) is 27.8 Å². The number of ketones is 1. The summed E-state index contributed by atoms with van der Waals surface area (Å²) in [5.41, 5.74) is 4.12. The Morgan fingerprint density at radius 3 is 2.68 bits per heavy atom. The molecule has 0 bridgehead atoms. The molecule has 2 aromatic heterocycles.